The Morgan fingerprint density at radius 3 is 3.11 bits per heavy atom. The van der Waals surface area contributed by atoms with E-state index in [2.05, 4.69) is 39.9 Å². The third kappa shape index (κ3) is 2.46. The average Bonchev–Trinajstić information content (AvgIpc) is 2.92. The Kier molecular flexibility index (Phi) is 3.42. The van der Waals surface area contributed by atoms with Gasteiger partial charge in [-0.15, -0.1) is 0 Å². The topological polar surface area (TPSA) is 37.0 Å². The van der Waals surface area contributed by atoms with Gasteiger partial charge in [0.1, 0.15) is 0 Å². The molecule has 1 atom stereocenters. The monoisotopic (exact) mass is 241 g/mol. The molecule has 3 rings (SSSR count). The van der Waals surface area contributed by atoms with Gasteiger partial charge < -0.3 is 10.6 Å². The Morgan fingerprint density at radius 2 is 2.22 bits per heavy atom. The number of nitrogens with one attached hydrogen (secondary N) is 2. The molecule has 1 aliphatic rings. The Labute approximate surface area is 108 Å². The lowest BCUT2D eigenvalue weighted by atomic mass is 10.1. The van der Waals surface area contributed by atoms with Crippen LogP contribution in [-0.2, 0) is 0 Å². The minimum Gasteiger partial charge on any atom is -0.384 e. The number of fused-ring (bicyclic) bond motifs is 1. The first kappa shape index (κ1) is 11.5. The summed E-state index contributed by atoms with van der Waals surface area (Å²) < 4.78 is 0. The lowest BCUT2D eigenvalue weighted by Gasteiger charge is -2.12. The summed E-state index contributed by atoms with van der Waals surface area (Å²) in [6.45, 7) is 3.40. The van der Waals surface area contributed by atoms with Crippen molar-refractivity contribution in [2.45, 2.75) is 12.8 Å². The second-order valence-corrected chi connectivity index (χ2v) is 4.95. The highest BCUT2D eigenvalue weighted by molar-refractivity contribution is 5.90. The predicted molar refractivity (Wildman–Crippen MR) is 75.8 cm³/mol. The fourth-order valence-corrected chi connectivity index (χ4v) is 2.62. The van der Waals surface area contributed by atoms with Gasteiger partial charge in [0.15, 0.2) is 0 Å². The zero-order valence-corrected chi connectivity index (χ0v) is 10.5. The molecule has 94 valence electrons. The molecule has 2 heterocycles. The molecule has 1 fully saturated rings. The Morgan fingerprint density at radius 1 is 1.28 bits per heavy atom. The van der Waals surface area contributed by atoms with Gasteiger partial charge >= 0.3 is 0 Å². The molecule has 3 nitrogen and oxygen atoms in total. The minimum atomic E-state index is 0.839. The van der Waals surface area contributed by atoms with Crippen LogP contribution in [0.5, 0.6) is 0 Å². The van der Waals surface area contributed by atoms with Crippen LogP contribution in [0.3, 0.4) is 0 Å². The van der Waals surface area contributed by atoms with Gasteiger partial charge in [-0.25, -0.2) is 0 Å². The van der Waals surface area contributed by atoms with Crippen LogP contribution in [0.2, 0.25) is 0 Å². The van der Waals surface area contributed by atoms with Gasteiger partial charge in [0.05, 0.1) is 5.52 Å². The van der Waals surface area contributed by atoms with E-state index in [0.717, 1.165) is 18.0 Å². The summed E-state index contributed by atoms with van der Waals surface area (Å²) in [5.74, 6) is 0.839. The maximum absolute atomic E-state index is 4.38. The van der Waals surface area contributed by atoms with Gasteiger partial charge in [-0.2, -0.15) is 0 Å². The second-order valence-electron chi connectivity index (χ2n) is 4.95. The zero-order valence-electron chi connectivity index (χ0n) is 10.5. The fourth-order valence-electron chi connectivity index (χ4n) is 2.62. The molecule has 1 saturated heterocycles. The van der Waals surface area contributed by atoms with E-state index in [1.807, 2.05) is 12.3 Å². The molecule has 2 aromatic rings. The highest BCUT2D eigenvalue weighted by Gasteiger charge is 2.13. The fraction of sp³-hybridized carbons (Fsp3) is 0.400. The first-order valence-electron chi connectivity index (χ1n) is 6.72. The van der Waals surface area contributed by atoms with Gasteiger partial charge in [-0.3, -0.25) is 4.98 Å². The van der Waals surface area contributed by atoms with Crippen molar-refractivity contribution in [3.8, 4) is 0 Å². The number of hydrogen-bond donors (Lipinski definition) is 2. The smallest absolute Gasteiger partial charge is 0.0722 e. The molecular weight excluding hydrogens is 222 g/mol. The summed E-state index contributed by atoms with van der Waals surface area (Å²) in [5, 5.41) is 8.17. The maximum atomic E-state index is 4.38. The lowest BCUT2D eigenvalue weighted by Crippen LogP contribution is -2.12. The normalized spacial score (nSPS) is 19.2. The van der Waals surface area contributed by atoms with E-state index in [9.17, 15) is 0 Å². The van der Waals surface area contributed by atoms with Crippen LogP contribution < -0.4 is 10.6 Å². The van der Waals surface area contributed by atoms with Crippen LogP contribution in [0.25, 0.3) is 10.9 Å². The largest absolute Gasteiger partial charge is 0.384 e. The number of para-hydroxylation sites is 1. The number of hydrogen-bond acceptors (Lipinski definition) is 3. The van der Waals surface area contributed by atoms with E-state index in [1.54, 1.807) is 0 Å². The van der Waals surface area contributed by atoms with Gasteiger partial charge in [0.2, 0.25) is 0 Å². The maximum Gasteiger partial charge on any atom is 0.0722 e. The molecule has 1 aliphatic heterocycles. The molecule has 18 heavy (non-hydrogen) atoms. The van der Waals surface area contributed by atoms with Gasteiger partial charge in [-0.05, 0) is 44.0 Å². The third-order valence-corrected chi connectivity index (χ3v) is 3.68. The number of rotatable bonds is 4. The number of nitrogens with zero attached hydrogens (tertiary/aromatic N) is 1. The summed E-state index contributed by atoms with van der Waals surface area (Å²) >= 11 is 0. The van der Waals surface area contributed by atoms with Crippen LogP contribution in [-0.4, -0.2) is 24.6 Å². The second kappa shape index (κ2) is 5.36. The molecule has 0 saturated carbocycles. The third-order valence-electron chi connectivity index (χ3n) is 3.68. The van der Waals surface area contributed by atoms with E-state index >= 15 is 0 Å². The molecule has 2 N–H and O–H groups in total. The summed E-state index contributed by atoms with van der Waals surface area (Å²) in [4.78, 5) is 4.38. The number of anilines is 1. The molecule has 1 unspecified atom stereocenters. The summed E-state index contributed by atoms with van der Waals surface area (Å²) in [5.41, 5.74) is 2.26. The summed E-state index contributed by atoms with van der Waals surface area (Å²) in [7, 11) is 0. The van der Waals surface area contributed by atoms with Gasteiger partial charge in [0, 0.05) is 23.8 Å². The lowest BCUT2D eigenvalue weighted by molar-refractivity contribution is 0.549. The van der Waals surface area contributed by atoms with Gasteiger partial charge in [0.25, 0.3) is 0 Å². The average molecular weight is 241 g/mol. The highest BCUT2D eigenvalue weighted by Crippen LogP contribution is 2.21. The van der Waals surface area contributed by atoms with Crippen LogP contribution in [0, 0.1) is 5.92 Å². The molecule has 0 aliphatic carbocycles. The number of aromatic nitrogens is 1. The van der Waals surface area contributed by atoms with E-state index in [1.165, 1.54) is 37.0 Å². The Balaban J connectivity index is 1.66. The van der Waals surface area contributed by atoms with E-state index in [-0.39, 0.29) is 0 Å². The van der Waals surface area contributed by atoms with E-state index < -0.39 is 0 Å². The van der Waals surface area contributed by atoms with Crippen molar-refractivity contribution in [1.82, 2.24) is 10.3 Å². The molecule has 3 heteroatoms. The molecule has 1 aromatic carbocycles. The van der Waals surface area contributed by atoms with E-state index in [4.69, 9.17) is 0 Å². The molecular formula is C15H19N3. The molecule has 0 bridgehead atoms. The van der Waals surface area contributed by atoms with Crippen molar-refractivity contribution < 1.29 is 0 Å². The standard InChI is InChI=1S/C15H19N3/c1-2-4-14-13(3-1)15(7-10-18-14)17-9-6-12-5-8-16-11-12/h1-4,7,10,12,16H,5-6,8-9,11H2,(H,17,18). The van der Waals surface area contributed by atoms with Crippen LogP contribution in [0.4, 0.5) is 5.69 Å². The predicted octanol–water partition coefficient (Wildman–Crippen LogP) is 2.65. The van der Waals surface area contributed by atoms with Crippen molar-refractivity contribution >= 4 is 16.6 Å². The quantitative estimate of drug-likeness (QED) is 0.864. The highest BCUT2D eigenvalue weighted by atomic mass is 14.9. The van der Waals surface area contributed by atoms with Crippen LogP contribution in [0.15, 0.2) is 36.5 Å². The molecule has 0 radical (unpaired) electrons. The minimum absolute atomic E-state index is 0.839. The van der Waals surface area contributed by atoms with Crippen LogP contribution >= 0.6 is 0 Å². The summed E-state index contributed by atoms with van der Waals surface area (Å²) in [6.07, 6.45) is 4.43. The van der Waals surface area contributed by atoms with Crippen molar-refractivity contribution in [3.63, 3.8) is 0 Å². The van der Waals surface area contributed by atoms with Crippen molar-refractivity contribution in [3.05, 3.63) is 36.5 Å². The van der Waals surface area contributed by atoms with Crippen molar-refractivity contribution in [2.75, 3.05) is 25.0 Å². The first-order valence-corrected chi connectivity index (χ1v) is 6.72. The summed E-state index contributed by atoms with van der Waals surface area (Å²) in [6, 6.07) is 10.3. The molecule has 0 amide bonds. The molecule has 0 spiro atoms. The zero-order chi connectivity index (χ0) is 12.2. The molecule has 1 aromatic heterocycles. The van der Waals surface area contributed by atoms with Crippen molar-refractivity contribution in [2.24, 2.45) is 5.92 Å². The van der Waals surface area contributed by atoms with Crippen molar-refractivity contribution in [1.29, 1.82) is 0 Å². The SMILES string of the molecule is c1ccc2c(NCCC3CCNC3)ccnc2c1. The van der Waals surface area contributed by atoms with E-state index in [0.29, 0.717) is 0 Å². The Hall–Kier alpha value is -1.61. The number of benzene rings is 1. The van der Waals surface area contributed by atoms with Gasteiger partial charge in [-0.1, -0.05) is 18.2 Å². The van der Waals surface area contributed by atoms with Crippen LogP contribution in [0.1, 0.15) is 12.8 Å². The Bertz CT molecular complexity index is 513. The first-order chi connectivity index (χ1) is 8.93. The number of pyridine rings is 1.